The van der Waals surface area contributed by atoms with Crippen molar-refractivity contribution in [2.45, 2.75) is 51.0 Å². The molecule has 0 N–H and O–H groups in total. The minimum atomic E-state index is -3.74. The molecule has 0 aromatic carbocycles. The van der Waals surface area contributed by atoms with Gasteiger partial charge in [0.1, 0.15) is 4.90 Å². The van der Waals surface area contributed by atoms with Crippen LogP contribution in [-0.4, -0.2) is 31.4 Å². The van der Waals surface area contributed by atoms with Crippen molar-refractivity contribution in [1.82, 2.24) is 9.78 Å². The summed E-state index contributed by atoms with van der Waals surface area (Å²) >= 11 is 0. The summed E-state index contributed by atoms with van der Waals surface area (Å²) in [7, 11) is 1.84. The molecule has 7 heteroatoms. The van der Waals surface area contributed by atoms with E-state index in [0.29, 0.717) is 24.5 Å². The first-order valence-corrected chi connectivity index (χ1v) is 9.39. The third-order valence-electron chi connectivity index (χ3n) is 3.76. The maximum atomic E-state index is 11.8. The van der Waals surface area contributed by atoms with Crippen molar-refractivity contribution in [3.63, 3.8) is 0 Å². The number of nitrogens with zero attached hydrogens (tertiary/aromatic N) is 2. The fourth-order valence-electron chi connectivity index (χ4n) is 2.72. The Morgan fingerprint density at radius 2 is 1.95 bits per heavy atom. The molecule has 1 aliphatic rings. The molecule has 1 aromatic rings. The summed E-state index contributed by atoms with van der Waals surface area (Å²) < 4.78 is 30.8. The van der Waals surface area contributed by atoms with E-state index in [1.165, 1.54) is 0 Å². The average molecular weight is 321 g/mol. The summed E-state index contributed by atoms with van der Waals surface area (Å²) in [6.07, 6.45) is 3.16. The molecule has 0 spiro atoms. The highest BCUT2D eigenvalue weighted by Crippen LogP contribution is 2.27. The van der Waals surface area contributed by atoms with Gasteiger partial charge < -0.3 is 4.74 Å². The SMILES string of the molecule is CCc1nn(CC2CCOCC2)c(CC)c1S(=O)(=O)Cl. The third-order valence-corrected chi connectivity index (χ3v) is 5.18. The summed E-state index contributed by atoms with van der Waals surface area (Å²) in [5, 5.41) is 4.47. The van der Waals surface area contributed by atoms with E-state index in [2.05, 4.69) is 5.10 Å². The first-order valence-electron chi connectivity index (χ1n) is 7.08. The maximum absolute atomic E-state index is 11.8. The van der Waals surface area contributed by atoms with Crippen molar-refractivity contribution in [2.75, 3.05) is 13.2 Å². The van der Waals surface area contributed by atoms with E-state index >= 15 is 0 Å². The molecule has 2 heterocycles. The lowest BCUT2D eigenvalue weighted by Gasteiger charge is -2.22. The van der Waals surface area contributed by atoms with Gasteiger partial charge in [-0.15, -0.1) is 0 Å². The third kappa shape index (κ3) is 3.35. The quantitative estimate of drug-likeness (QED) is 0.781. The summed E-state index contributed by atoms with van der Waals surface area (Å²) in [4.78, 5) is 0.219. The Balaban J connectivity index is 2.35. The predicted octanol–water partition coefficient (Wildman–Crippen LogP) is 2.36. The second kappa shape index (κ2) is 6.45. The highest BCUT2D eigenvalue weighted by Gasteiger charge is 2.26. The van der Waals surface area contributed by atoms with Crippen LogP contribution in [0.5, 0.6) is 0 Å². The summed E-state index contributed by atoms with van der Waals surface area (Å²) in [6, 6.07) is 0. The monoisotopic (exact) mass is 320 g/mol. The number of hydrogen-bond acceptors (Lipinski definition) is 4. The number of rotatable bonds is 5. The first kappa shape index (κ1) is 15.8. The fraction of sp³-hybridized carbons (Fsp3) is 0.769. The highest BCUT2D eigenvalue weighted by molar-refractivity contribution is 8.13. The minimum Gasteiger partial charge on any atom is -0.381 e. The van der Waals surface area contributed by atoms with Crippen molar-refractivity contribution in [3.05, 3.63) is 11.4 Å². The van der Waals surface area contributed by atoms with Gasteiger partial charge in [0.2, 0.25) is 0 Å². The molecule has 114 valence electrons. The lowest BCUT2D eigenvalue weighted by atomic mass is 10.0. The Morgan fingerprint density at radius 3 is 2.45 bits per heavy atom. The topological polar surface area (TPSA) is 61.2 Å². The normalized spacial score (nSPS) is 17.6. The van der Waals surface area contributed by atoms with Crippen molar-refractivity contribution >= 4 is 19.7 Å². The molecule has 0 unspecified atom stereocenters. The van der Waals surface area contributed by atoms with Gasteiger partial charge in [-0.1, -0.05) is 13.8 Å². The molecule has 2 rings (SSSR count). The second-order valence-electron chi connectivity index (χ2n) is 5.11. The van der Waals surface area contributed by atoms with Crippen LogP contribution in [0.25, 0.3) is 0 Å². The first-order chi connectivity index (χ1) is 9.47. The zero-order valence-corrected chi connectivity index (χ0v) is 13.5. The lowest BCUT2D eigenvalue weighted by molar-refractivity contribution is 0.0598. The molecule has 0 atom stereocenters. The number of ether oxygens (including phenoxy) is 1. The van der Waals surface area contributed by atoms with Gasteiger partial charge in [0.25, 0.3) is 9.05 Å². The van der Waals surface area contributed by atoms with Crippen LogP contribution in [0, 0.1) is 5.92 Å². The van der Waals surface area contributed by atoms with Crippen LogP contribution in [0.3, 0.4) is 0 Å². The van der Waals surface area contributed by atoms with E-state index in [-0.39, 0.29) is 4.90 Å². The Bertz CT molecular complexity index is 562. The molecule has 1 fully saturated rings. The Labute approximate surface area is 124 Å². The number of halogens is 1. The van der Waals surface area contributed by atoms with Gasteiger partial charge >= 0.3 is 0 Å². The van der Waals surface area contributed by atoms with Gasteiger partial charge in [-0.25, -0.2) is 8.42 Å². The van der Waals surface area contributed by atoms with Crippen LogP contribution < -0.4 is 0 Å². The molecular formula is C13H21ClN2O3S. The van der Waals surface area contributed by atoms with Gasteiger partial charge in [0.15, 0.2) is 0 Å². The summed E-state index contributed by atoms with van der Waals surface area (Å²) in [5.74, 6) is 0.490. The second-order valence-corrected chi connectivity index (χ2v) is 7.61. The highest BCUT2D eigenvalue weighted by atomic mass is 35.7. The van der Waals surface area contributed by atoms with Crippen LogP contribution in [-0.2, 0) is 33.2 Å². The number of hydrogen-bond donors (Lipinski definition) is 0. The maximum Gasteiger partial charge on any atom is 0.264 e. The molecule has 1 saturated heterocycles. The molecule has 0 saturated carbocycles. The number of aryl methyl sites for hydroxylation is 1. The molecule has 0 bridgehead atoms. The molecule has 5 nitrogen and oxygen atoms in total. The van der Waals surface area contributed by atoms with E-state index in [4.69, 9.17) is 15.4 Å². The van der Waals surface area contributed by atoms with E-state index in [0.717, 1.165) is 38.3 Å². The van der Waals surface area contributed by atoms with Crippen molar-refractivity contribution in [3.8, 4) is 0 Å². The van der Waals surface area contributed by atoms with E-state index in [1.54, 1.807) is 0 Å². The lowest BCUT2D eigenvalue weighted by Crippen LogP contribution is -2.22. The largest absolute Gasteiger partial charge is 0.381 e. The summed E-state index contributed by atoms with van der Waals surface area (Å²) in [6.45, 7) is 6.12. The van der Waals surface area contributed by atoms with Crippen LogP contribution in [0.15, 0.2) is 4.90 Å². The zero-order chi connectivity index (χ0) is 14.8. The van der Waals surface area contributed by atoms with E-state index in [9.17, 15) is 8.42 Å². The molecule has 0 radical (unpaired) electrons. The standard InChI is InChI=1S/C13H21ClN2O3S/c1-3-11-13(20(14,17)18)12(4-2)16(15-11)9-10-5-7-19-8-6-10/h10H,3-9H2,1-2H3. The Kier molecular flexibility index (Phi) is 5.09. The van der Waals surface area contributed by atoms with Gasteiger partial charge in [-0.2, -0.15) is 5.10 Å². The smallest absolute Gasteiger partial charge is 0.264 e. The van der Waals surface area contributed by atoms with Crippen LogP contribution >= 0.6 is 10.7 Å². The van der Waals surface area contributed by atoms with Crippen LogP contribution in [0.2, 0.25) is 0 Å². The van der Waals surface area contributed by atoms with Gasteiger partial charge in [-0.05, 0) is 31.6 Å². The molecular weight excluding hydrogens is 300 g/mol. The minimum absolute atomic E-state index is 0.219. The molecule has 0 aliphatic carbocycles. The van der Waals surface area contributed by atoms with Crippen molar-refractivity contribution < 1.29 is 13.2 Å². The predicted molar refractivity (Wildman–Crippen MR) is 77.6 cm³/mol. The molecule has 1 aliphatic heterocycles. The van der Waals surface area contributed by atoms with Gasteiger partial charge in [-0.3, -0.25) is 4.68 Å². The van der Waals surface area contributed by atoms with Gasteiger partial charge in [0, 0.05) is 30.4 Å². The van der Waals surface area contributed by atoms with Gasteiger partial charge in [0.05, 0.1) is 11.4 Å². The molecule has 20 heavy (non-hydrogen) atoms. The van der Waals surface area contributed by atoms with Crippen molar-refractivity contribution in [2.24, 2.45) is 5.92 Å². The Hall–Kier alpha value is -0.590. The fourth-order valence-corrected chi connectivity index (χ4v) is 4.25. The zero-order valence-electron chi connectivity index (χ0n) is 11.9. The van der Waals surface area contributed by atoms with E-state index < -0.39 is 9.05 Å². The summed E-state index contributed by atoms with van der Waals surface area (Å²) in [5.41, 5.74) is 1.30. The van der Waals surface area contributed by atoms with Crippen LogP contribution in [0.4, 0.5) is 0 Å². The molecule has 1 aromatic heterocycles. The Morgan fingerprint density at radius 1 is 1.30 bits per heavy atom. The van der Waals surface area contributed by atoms with Crippen LogP contribution in [0.1, 0.15) is 38.1 Å². The average Bonchev–Trinajstić information content (AvgIpc) is 2.77. The van der Waals surface area contributed by atoms with E-state index in [1.807, 2.05) is 18.5 Å². The van der Waals surface area contributed by atoms with Crippen molar-refractivity contribution in [1.29, 1.82) is 0 Å². The number of aromatic nitrogens is 2. The molecule has 0 amide bonds.